The number of carbonyl (C=O) groups excluding carboxylic acids is 1. The van der Waals surface area contributed by atoms with Crippen LogP contribution in [0.2, 0.25) is 0 Å². The van der Waals surface area contributed by atoms with Crippen molar-refractivity contribution in [1.82, 2.24) is 20.2 Å². The molecule has 192 valence electrons. The first kappa shape index (κ1) is 26.3. The number of anilines is 1. The summed E-state index contributed by atoms with van der Waals surface area (Å²) < 4.78 is 13.5. The quantitative estimate of drug-likeness (QED) is 0.304. The summed E-state index contributed by atoms with van der Waals surface area (Å²) in [5, 5.41) is 13.0. The molecule has 2 aromatic carbocycles. The van der Waals surface area contributed by atoms with E-state index in [9.17, 15) is 14.4 Å². The Labute approximate surface area is 216 Å². The number of imidazole rings is 1. The van der Waals surface area contributed by atoms with Crippen LogP contribution >= 0.6 is 0 Å². The number of rotatable bonds is 9. The van der Waals surface area contributed by atoms with Crippen LogP contribution in [0.25, 0.3) is 11.3 Å². The fourth-order valence-corrected chi connectivity index (χ4v) is 4.59. The van der Waals surface area contributed by atoms with Gasteiger partial charge in [0.25, 0.3) is 0 Å². The molecule has 2 atom stereocenters. The summed E-state index contributed by atoms with van der Waals surface area (Å²) in [6.45, 7) is 3.09. The molecule has 0 aliphatic carbocycles. The molecule has 1 saturated heterocycles. The number of hydrogen-bond acceptors (Lipinski definition) is 7. The maximum atomic E-state index is 13.5. The predicted molar refractivity (Wildman–Crippen MR) is 142 cm³/mol. The van der Waals surface area contributed by atoms with E-state index >= 15 is 0 Å². The summed E-state index contributed by atoms with van der Waals surface area (Å²) in [6, 6.07) is 14.5. The van der Waals surface area contributed by atoms with Crippen LogP contribution in [-0.2, 0) is 17.8 Å². The number of hydrogen-bond donors (Lipinski definition) is 3. The molecule has 0 saturated carbocycles. The zero-order valence-corrected chi connectivity index (χ0v) is 21.4. The van der Waals surface area contributed by atoms with Gasteiger partial charge in [0.15, 0.2) is 0 Å². The molecule has 3 aromatic rings. The Morgan fingerprint density at radius 1 is 1.35 bits per heavy atom. The third-order valence-electron chi connectivity index (χ3n) is 7.09. The number of aryl methyl sites for hydroxylation is 1. The number of likely N-dealkylation sites (N-methyl/N-ethyl adjacent to an activating group) is 1. The molecule has 37 heavy (non-hydrogen) atoms. The summed E-state index contributed by atoms with van der Waals surface area (Å²) in [5.41, 5.74) is 10.2. The SMILES string of the molecule is CN[C@H]1CC(=C=O)N(c2ccc(-c3cnc(CC[C@](C)(N)N(C)Cc4cccc(F)c4)[nH]3)cc2C#N)C1. The largest absolute Gasteiger partial charge is 0.342 e. The Bertz CT molecular complexity index is 1350. The van der Waals surface area contributed by atoms with E-state index in [0.29, 0.717) is 49.3 Å². The molecule has 1 aromatic heterocycles. The van der Waals surface area contributed by atoms with Gasteiger partial charge in [0, 0.05) is 37.5 Å². The zero-order valence-electron chi connectivity index (χ0n) is 21.4. The van der Waals surface area contributed by atoms with Gasteiger partial charge in [0.05, 0.1) is 28.8 Å². The fourth-order valence-electron chi connectivity index (χ4n) is 4.59. The molecule has 4 rings (SSSR count). The molecule has 0 radical (unpaired) electrons. The first-order valence-electron chi connectivity index (χ1n) is 12.3. The molecular formula is C28H32FN7O. The molecule has 0 amide bonds. The second-order valence-electron chi connectivity index (χ2n) is 9.78. The average molecular weight is 502 g/mol. The van der Waals surface area contributed by atoms with Crippen molar-refractivity contribution in [3.63, 3.8) is 0 Å². The number of H-pyrrole nitrogens is 1. The lowest BCUT2D eigenvalue weighted by Crippen LogP contribution is -2.51. The number of nitrogens with one attached hydrogen (secondary N) is 2. The van der Waals surface area contributed by atoms with Crippen LogP contribution in [0.1, 0.15) is 36.7 Å². The minimum atomic E-state index is -0.625. The van der Waals surface area contributed by atoms with Gasteiger partial charge in [-0.15, -0.1) is 0 Å². The third-order valence-corrected chi connectivity index (χ3v) is 7.09. The van der Waals surface area contributed by atoms with Crippen LogP contribution in [0.15, 0.2) is 54.4 Å². The van der Waals surface area contributed by atoms with Crippen LogP contribution in [-0.4, -0.2) is 53.2 Å². The van der Waals surface area contributed by atoms with E-state index in [1.807, 2.05) is 61.0 Å². The Balaban J connectivity index is 1.44. The maximum absolute atomic E-state index is 13.5. The lowest BCUT2D eigenvalue weighted by atomic mass is 10.0. The number of nitrogens with zero attached hydrogens (tertiary/aromatic N) is 4. The monoisotopic (exact) mass is 501 g/mol. The van der Waals surface area contributed by atoms with Gasteiger partial charge in [0.2, 0.25) is 0 Å². The molecule has 0 spiro atoms. The number of nitrogens with two attached hydrogens (primary N) is 1. The van der Waals surface area contributed by atoms with Crippen LogP contribution in [0.3, 0.4) is 0 Å². The summed E-state index contributed by atoms with van der Waals surface area (Å²) in [5.74, 6) is 2.55. The molecule has 2 heterocycles. The average Bonchev–Trinajstić information content (AvgIpc) is 3.54. The number of halogens is 1. The highest BCUT2D eigenvalue weighted by molar-refractivity contribution is 5.74. The highest BCUT2D eigenvalue weighted by Gasteiger charge is 2.29. The Hall–Kier alpha value is -3.80. The van der Waals surface area contributed by atoms with Gasteiger partial charge in [0.1, 0.15) is 29.3 Å². The highest BCUT2D eigenvalue weighted by atomic mass is 19.1. The van der Waals surface area contributed by atoms with Gasteiger partial charge in [-0.3, -0.25) is 4.90 Å². The lowest BCUT2D eigenvalue weighted by Gasteiger charge is -2.35. The highest BCUT2D eigenvalue weighted by Crippen LogP contribution is 2.32. The fraction of sp³-hybridized carbons (Fsp3) is 0.357. The summed E-state index contributed by atoms with van der Waals surface area (Å²) in [7, 11) is 3.78. The van der Waals surface area contributed by atoms with Crippen molar-refractivity contribution in [3.05, 3.63) is 77.1 Å². The minimum Gasteiger partial charge on any atom is -0.342 e. The second-order valence-corrected chi connectivity index (χ2v) is 9.78. The van der Waals surface area contributed by atoms with Crippen molar-refractivity contribution in [3.8, 4) is 17.3 Å². The third kappa shape index (κ3) is 5.96. The Kier molecular flexibility index (Phi) is 7.86. The van der Waals surface area contributed by atoms with E-state index in [1.54, 1.807) is 12.3 Å². The number of nitriles is 1. The first-order chi connectivity index (χ1) is 17.7. The van der Waals surface area contributed by atoms with Crippen LogP contribution < -0.4 is 16.0 Å². The molecule has 9 heteroatoms. The van der Waals surface area contributed by atoms with Gasteiger partial charge in [-0.1, -0.05) is 18.2 Å². The lowest BCUT2D eigenvalue weighted by molar-refractivity contribution is 0.124. The standard InChI is InChI=1S/C28H32FN7O/c1-28(31,35(3)16-19-5-4-6-22(29)11-19)10-9-27-33-15-25(34-27)20-7-8-26(21(12-20)14-30)36-17-23(32-2)13-24(36)18-37/h4-8,11-12,15,23,32H,9-10,13,16-17,31H2,1-3H3,(H,33,34)/t23-,28+/m0/s1. The van der Waals surface area contributed by atoms with Crippen LogP contribution in [0.5, 0.6) is 0 Å². The summed E-state index contributed by atoms with van der Waals surface area (Å²) in [6.07, 6.45) is 3.58. The van der Waals surface area contributed by atoms with Gasteiger partial charge < -0.3 is 20.9 Å². The molecule has 0 bridgehead atoms. The van der Waals surface area contributed by atoms with E-state index in [4.69, 9.17) is 5.73 Å². The second kappa shape index (κ2) is 11.1. The summed E-state index contributed by atoms with van der Waals surface area (Å²) >= 11 is 0. The first-order valence-corrected chi connectivity index (χ1v) is 12.3. The summed E-state index contributed by atoms with van der Waals surface area (Å²) in [4.78, 5) is 23.2. The molecule has 0 unspecified atom stereocenters. The maximum Gasteiger partial charge on any atom is 0.146 e. The Morgan fingerprint density at radius 3 is 2.86 bits per heavy atom. The number of aromatic amines is 1. The predicted octanol–water partition coefficient (Wildman–Crippen LogP) is 3.34. The van der Waals surface area contributed by atoms with Crippen LogP contribution in [0, 0.1) is 17.1 Å². The molecule has 1 aliphatic rings. The topological polar surface area (TPSA) is 114 Å². The van der Waals surface area contributed by atoms with E-state index in [0.717, 1.165) is 22.6 Å². The van der Waals surface area contributed by atoms with Crippen molar-refractivity contribution in [1.29, 1.82) is 5.26 Å². The van der Waals surface area contributed by atoms with E-state index in [2.05, 4.69) is 21.4 Å². The van der Waals surface area contributed by atoms with E-state index in [-0.39, 0.29) is 11.9 Å². The molecule has 8 nitrogen and oxygen atoms in total. The van der Waals surface area contributed by atoms with Crippen molar-refractivity contribution >= 4 is 11.6 Å². The molecule has 1 aliphatic heterocycles. The van der Waals surface area contributed by atoms with Gasteiger partial charge >= 0.3 is 0 Å². The molecular weight excluding hydrogens is 469 g/mol. The van der Waals surface area contributed by atoms with Gasteiger partial charge in [-0.2, -0.15) is 5.26 Å². The minimum absolute atomic E-state index is 0.138. The normalized spacial score (nSPS) is 17.1. The van der Waals surface area contributed by atoms with Crippen molar-refractivity contribution < 1.29 is 9.18 Å². The smallest absolute Gasteiger partial charge is 0.146 e. The molecule has 1 fully saturated rings. The van der Waals surface area contributed by atoms with Gasteiger partial charge in [-0.25, -0.2) is 14.2 Å². The van der Waals surface area contributed by atoms with E-state index < -0.39 is 5.66 Å². The van der Waals surface area contributed by atoms with Gasteiger partial charge in [-0.05, 0) is 57.3 Å². The van der Waals surface area contributed by atoms with E-state index in [1.165, 1.54) is 12.1 Å². The zero-order chi connectivity index (χ0) is 26.6. The van der Waals surface area contributed by atoms with Crippen molar-refractivity contribution in [2.24, 2.45) is 5.73 Å². The molecule has 4 N–H and O–H groups in total. The van der Waals surface area contributed by atoms with Crippen molar-refractivity contribution in [2.45, 2.75) is 44.4 Å². The van der Waals surface area contributed by atoms with Crippen LogP contribution in [0.4, 0.5) is 10.1 Å². The van der Waals surface area contributed by atoms with Crippen molar-refractivity contribution in [2.75, 3.05) is 25.5 Å². The number of aromatic nitrogens is 2. The number of benzene rings is 2. The Morgan fingerprint density at radius 2 is 2.16 bits per heavy atom.